The average Bonchev–Trinajstić information content (AvgIpc) is 3.34. The first-order valence-electron chi connectivity index (χ1n) is 10.5. The first-order chi connectivity index (χ1) is 15.1. The number of rotatable bonds is 6. The van der Waals surface area contributed by atoms with Crippen LogP contribution in [0.1, 0.15) is 24.4 Å². The van der Waals surface area contributed by atoms with Gasteiger partial charge in [-0.3, -0.25) is 9.69 Å². The van der Waals surface area contributed by atoms with E-state index in [1.165, 1.54) is 0 Å². The monoisotopic (exact) mass is 419 g/mol. The third kappa shape index (κ3) is 3.96. The zero-order valence-electron chi connectivity index (χ0n) is 17.4. The minimum Gasteiger partial charge on any atom is -0.490 e. The Morgan fingerprint density at radius 2 is 2.00 bits per heavy atom. The molecule has 31 heavy (non-hydrogen) atoms. The lowest BCUT2D eigenvalue weighted by Gasteiger charge is -2.31. The molecule has 0 aliphatic carbocycles. The standard InChI is InChI=1S/C22H25N7O2/c1-15-5-6-21-24-25-22(29(21)26-15)14-27-10-7-16(8-11-27)31-19-4-2-3-18-17(19)9-12-28(18)13-20(23)30/h2-6,9,12,16H,7-8,10-11,13-14H2,1H3,(H2,23,30). The van der Waals surface area contributed by atoms with E-state index in [1.54, 1.807) is 0 Å². The van der Waals surface area contributed by atoms with Crippen LogP contribution in [0.25, 0.3) is 16.6 Å². The highest BCUT2D eigenvalue weighted by Gasteiger charge is 2.23. The molecule has 3 aromatic heterocycles. The number of ether oxygens (including phenoxy) is 1. The first-order valence-corrected chi connectivity index (χ1v) is 10.5. The van der Waals surface area contributed by atoms with Gasteiger partial charge in [0, 0.05) is 24.7 Å². The van der Waals surface area contributed by atoms with Crippen molar-refractivity contribution in [3.63, 3.8) is 0 Å². The van der Waals surface area contributed by atoms with Gasteiger partial charge in [0.15, 0.2) is 11.5 Å². The number of fused-ring (bicyclic) bond motifs is 2. The van der Waals surface area contributed by atoms with Crippen LogP contribution in [0.15, 0.2) is 42.6 Å². The summed E-state index contributed by atoms with van der Waals surface area (Å²) in [7, 11) is 0. The fourth-order valence-electron chi connectivity index (χ4n) is 4.19. The Bertz CT molecular complexity index is 1240. The third-order valence-electron chi connectivity index (χ3n) is 5.75. The topological polar surface area (TPSA) is 104 Å². The molecular formula is C22H25N7O2. The predicted molar refractivity (Wildman–Crippen MR) is 116 cm³/mol. The average molecular weight is 419 g/mol. The number of aromatic nitrogens is 5. The molecule has 4 aromatic rings. The van der Waals surface area contributed by atoms with Crippen molar-refractivity contribution >= 4 is 22.5 Å². The summed E-state index contributed by atoms with van der Waals surface area (Å²) in [5, 5.41) is 14.1. The minimum absolute atomic E-state index is 0.150. The zero-order chi connectivity index (χ0) is 21.4. The molecule has 5 rings (SSSR count). The second-order valence-electron chi connectivity index (χ2n) is 8.05. The van der Waals surface area contributed by atoms with Crippen molar-refractivity contribution in [2.75, 3.05) is 13.1 Å². The van der Waals surface area contributed by atoms with Gasteiger partial charge < -0.3 is 15.0 Å². The molecule has 0 bridgehead atoms. The van der Waals surface area contributed by atoms with Crippen LogP contribution in [0.2, 0.25) is 0 Å². The SMILES string of the molecule is Cc1ccc2nnc(CN3CCC(Oc4cccc5c4ccn5CC(N)=O)CC3)n2n1. The number of hydrogen-bond acceptors (Lipinski definition) is 6. The molecule has 160 valence electrons. The van der Waals surface area contributed by atoms with Crippen molar-refractivity contribution in [3.8, 4) is 5.75 Å². The van der Waals surface area contributed by atoms with Gasteiger partial charge in [-0.05, 0) is 50.1 Å². The Labute approximate surface area is 179 Å². The molecule has 0 radical (unpaired) electrons. The van der Waals surface area contributed by atoms with Gasteiger partial charge in [-0.2, -0.15) is 9.61 Å². The molecule has 0 atom stereocenters. The Morgan fingerprint density at radius 1 is 1.16 bits per heavy atom. The number of nitrogens with zero attached hydrogens (tertiary/aromatic N) is 6. The van der Waals surface area contributed by atoms with Crippen molar-refractivity contribution in [2.24, 2.45) is 5.73 Å². The fraction of sp³-hybridized carbons (Fsp3) is 0.364. The fourth-order valence-corrected chi connectivity index (χ4v) is 4.19. The van der Waals surface area contributed by atoms with Gasteiger partial charge >= 0.3 is 0 Å². The van der Waals surface area contributed by atoms with E-state index in [0.29, 0.717) is 0 Å². The summed E-state index contributed by atoms with van der Waals surface area (Å²) in [4.78, 5) is 13.7. The molecule has 1 aliphatic heterocycles. The maximum atomic E-state index is 11.3. The van der Waals surface area contributed by atoms with E-state index in [4.69, 9.17) is 10.5 Å². The molecule has 1 aromatic carbocycles. The highest BCUT2D eigenvalue weighted by Crippen LogP contribution is 2.29. The highest BCUT2D eigenvalue weighted by atomic mass is 16.5. The third-order valence-corrected chi connectivity index (χ3v) is 5.75. The predicted octanol–water partition coefficient (Wildman–Crippen LogP) is 1.92. The summed E-state index contributed by atoms with van der Waals surface area (Å²) in [5.41, 5.74) is 8.02. The van der Waals surface area contributed by atoms with Crippen LogP contribution in [-0.2, 0) is 17.9 Å². The second kappa shape index (κ2) is 7.99. The lowest BCUT2D eigenvalue weighted by Crippen LogP contribution is -2.38. The number of piperidine rings is 1. The van der Waals surface area contributed by atoms with E-state index in [0.717, 1.165) is 66.3 Å². The van der Waals surface area contributed by atoms with Gasteiger partial charge in [0.25, 0.3) is 0 Å². The molecule has 9 heteroatoms. The van der Waals surface area contributed by atoms with Crippen LogP contribution in [0.5, 0.6) is 5.75 Å². The van der Waals surface area contributed by atoms with Crippen molar-refractivity contribution in [1.82, 2.24) is 29.3 Å². The van der Waals surface area contributed by atoms with Crippen LogP contribution < -0.4 is 10.5 Å². The second-order valence-corrected chi connectivity index (χ2v) is 8.05. The van der Waals surface area contributed by atoms with Crippen LogP contribution in [0.4, 0.5) is 0 Å². The quantitative estimate of drug-likeness (QED) is 0.512. The number of amides is 1. The number of carbonyl (C=O) groups is 1. The summed E-state index contributed by atoms with van der Waals surface area (Å²) in [6.07, 6.45) is 3.89. The van der Waals surface area contributed by atoms with E-state index in [2.05, 4.69) is 20.2 Å². The molecule has 1 fully saturated rings. The summed E-state index contributed by atoms with van der Waals surface area (Å²) in [6.45, 7) is 4.69. The van der Waals surface area contributed by atoms with E-state index in [1.807, 2.05) is 58.6 Å². The first kappa shape index (κ1) is 19.5. The van der Waals surface area contributed by atoms with Gasteiger partial charge in [0.1, 0.15) is 18.4 Å². The molecule has 0 spiro atoms. The number of hydrogen-bond donors (Lipinski definition) is 1. The Morgan fingerprint density at radius 3 is 2.81 bits per heavy atom. The number of nitrogens with two attached hydrogens (primary N) is 1. The van der Waals surface area contributed by atoms with Gasteiger partial charge in [-0.25, -0.2) is 0 Å². The van der Waals surface area contributed by atoms with E-state index in [9.17, 15) is 4.79 Å². The molecular weight excluding hydrogens is 394 g/mol. The molecule has 9 nitrogen and oxygen atoms in total. The normalized spacial score (nSPS) is 15.6. The number of likely N-dealkylation sites (tertiary alicyclic amines) is 1. The summed E-state index contributed by atoms with van der Waals surface area (Å²) >= 11 is 0. The van der Waals surface area contributed by atoms with E-state index in [-0.39, 0.29) is 18.6 Å². The van der Waals surface area contributed by atoms with Crippen molar-refractivity contribution < 1.29 is 9.53 Å². The summed E-state index contributed by atoms with van der Waals surface area (Å²) < 4.78 is 10.0. The molecule has 1 saturated heterocycles. The molecule has 1 aliphatic rings. The van der Waals surface area contributed by atoms with E-state index >= 15 is 0 Å². The Hall–Kier alpha value is -3.46. The maximum Gasteiger partial charge on any atom is 0.237 e. The summed E-state index contributed by atoms with van der Waals surface area (Å²) in [6, 6.07) is 11.8. The van der Waals surface area contributed by atoms with Crippen molar-refractivity contribution in [1.29, 1.82) is 0 Å². The zero-order valence-corrected chi connectivity index (χ0v) is 17.4. The van der Waals surface area contributed by atoms with Crippen LogP contribution in [-0.4, -0.2) is 54.4 Å². The number of benzene rings is 1. The van der Waals surface area contributed by atoms with E-state index < -0.39 is 0 Å². The highest BCUT2D eigenvalue weighted by molar-refractivity contribution is 5.87. The van der Waals surface area contributed by atoms with Crippen molar-refractivity contribution in [2.45, 2.75) is 39.0 Å². The number of aryl methyl sites for hydroxylation is 1. The largest absolute Gasteiger partial charge is 0.490 e. The smallest absolute Gasteiger partial charge is 0.237 e. The number of primary amides is 1. The van der Waals surface area contributed by atoms with Gasteiger partial charge in [0.05, 0.1) is 17.8 Å². The minimum atomic E-state index is -0.359. The summed E-state index contributed by atoms with van der Waals surface area (Å²) in [5.74, 6) is 1.35. The van der Waals surface area contributed by atoms with Crippen LogP contribution in [0, 0.1) is 6.92 Å². The maximum absolute atomic E-state index is 11.3. The molecule has 0 saturated carbocycles. The van der Waals surface area contributed by atoms with Gasteiger partial charge in [-0.15, -0.1) is 10.2 Å². The molecule has 0 unspecified atom stereocenters. The Balaban J connectivity index is 1.23. The van der Waals surface area contributed by atoms with Crippen molar-refractivity contribution in [3.05, 3.63) is 54.1 Å². The molecule has 2 N–H and O–H groups in total. The number of carbonyl (C=O) groups excluding carboxylic acids is 1. The molecule has 4 heterocycles. The lowest BCUT2D eigenvalue weighted by atomic mass is 10.1. The lowest BCUT2D eigenvalue weighted by molar-refractivity contribution is -0.118. The van der Waals surface area contributed by atoms with Crippen LogP contribution in [0.3, 0.4) is 0 Å². The van der Waals surface area contributed by atoms with Gasteiger partial charge in [0.2, 0.25) is 5.91 Å². The Kier molecular flexibility index (Phi) is 5.03. The van der Waals surface area contributed by atoms with Gasteiger partial charge in [-0.1, -0.05) is 6.07 Å². The van der Waals surface area contributed by atoms with Crippen LogP contribution >= 0.6 is 0 Å². The molecule has 1 amide bonds.